The fourth-order valence-electron chi connectivity index (χ4n) is 4.70. The van der Waals surface area contributed by atoms with Gasteiger partial charge in [-0.2, -0.15) is 5.26 Å². The van der Waals surface area contributed by atoms with Crippen molar-refractivity contribution in [1.82, 2.24) is 0 Å². The number of hydrogen-bond donors (Lipinski definition) is 0. The van der Waals surface area contributed by atoms with Crippen molar-refractivity contribution in [2.75, 3.05) is 0 Å². The average Bonchev–Trinajstić information content (AvgIpc) is 2.64. The molecule has 0 aromatic heterocycles. The Morgan fingerprint density at radius 3 is 2.04 bits per heavy atom. The zero-order chi connectivity index (χ0) is 17.0. The summed E-state index contributed by atoms with van der Waals surface area (Å²) in [5, 5.41) is 9.00. The van der Waals surface area contributed by atoms with E-state index in [2.05, 4.69) is 25.1 Å². The molecule has 0 radical (unpaired) electrons. The summed E-state index contributed by atoms with van der Waals surface area (Å²) in [6.07, 6.45) is 25.4. The standard InChI is InChI=1S/C23H39N/c1-2-3-4-5-6-7-8-20-9-11-21(12-10-20)13-14-22-15-17-23(19-24)18-16-22/h7-8,20-23H,2-6,9-18H2,1H3. The molecule has 2 fully saturated rings. The smallest absolute Gasteiger partial charge is 0.0655 e. The minimum atomic E-state index is 0.366. The van der Waals surface area contributed by atoms with E-state index in [1.54, 1.807) is 0 Å². The lowest BCUT2D eigenvalue weighted by Crippen LogP contribution is -2.17. The molecule has 24 heavy (non-hydrogen) atoms. The van der Waals surface area contributed by atoms with Crippen LogP contribution in [0.15, 0.2) is 12.2 Å². The van der Waals surface area contributed by atoms with Crippen molar-refractivity contribution in [3.05, 3.63) is 12.2 Å². The Balaban J connectivity index is 1.52. The number of hydrogen-bond acceptors (Lipinski definition) is 1. The third kappa shape index (κ3) is 7.42. The van der Waals surface area contributed by atoms with E-state index in [0.29, 0.717) is 5.92 Å². The molecule has 2 aliphatic rings. The first-order valence-electron chi connectivity index (χ1n) is 10.9. The van der Waals surface area contributed by atoms with Gasteiger partial charge in [-0.05, 0) is 82.0 Å². The van der Waals surface area contributed by atoms with Crippen molar-refractivity contribution < 1.29 is 0 Å². The molecule has 2 rings (SSSR count). The monoisotopic (exact) mass is 329 g/mol. The predicted octanol–water partition coefficient (Wildman–Crippen LogP) is 7.43. The van der Waals surface area contributed by atoms with E-state index < -0.39 is 0 Å². The van der Waals surface area contributed by atoms with Crippen LogP contribution in [0.25, 0.3) is 0 Å². The molecule has 0 unspecified atom stereocenters. The molecule has 0 amide bonds. The lowest BCUT2D eigenvalue weighted by Gasteiger charge is -2.30. The molecule has 1 nitrogen and oxygen atoms in total. The number of allylic oxidation sites excluding steroid dienone is 2. The molecule has 0 atom stereocenters. The van der Waals surface area contributed by atoms with Gasteiger partial charge in [-0.25, -0.2) is 0 Å². The van der Waals surface area contributed by atoms with Crippen molar-refractivity contribution in [3.8, 4) is 6.07 Å². The van der Waals surface area contributed by atoms with Crippen LogP contribution in [0.5, 0.6) is 0 Å². The summed E-state index contributed by atoms with van der Waals surface area (Å²) in [4.78, 5) is 0. The molecular formula is C23H39N. The van der Waals surface area contributed by atoms with E-state index in [-0.39, 0.29) is 0 Å². The van der Waals surface area contributed by atoms with Gasteiger partial charge in [0, 0.05) is 5.92 Å². The lowest BCUT2D eigenvalue weighted by molar-refractivity contribution is 0.242. The lowest BCUT2D eigenvalue weighted by atomic mass is 9.76. The summed E-state index contributed by atoms with van der Waals surface area (Å²) in [6.45, 7) is 2.28. The second-order valence-corrected chi connectivity index (χ2v) is 8.48. The third-order valence-electron chi connectivity index (χ3n) is 6.54. The summed E-state index contributed by atoms with van der Waals surface area (Å²) >= 11 is 0. The van der Waals surface area contributed by atoms with Gasteiger partial charge in [-0.3, -0.25) is 0 Å². The zero-order valence-corrected chi connectivity index (χ0v) is 16.0. The van der Waals surface area contributed by atoms with Crippen molar-refractivity contribution >= 4 is 0 Å². The van der Waals surface area contributed by atoms with Gasteiger partial charge in [0.05, 0.1) is 6.07 Å². The van der Waals surface area contributed by atoms with E-state index in [1.165, 1.54) is 83.5 Å². The Bertz CT molecular complexity index is 375. The molecule has 0 N–H and O–H groups in total. The highest BCUT2D eigenvalue weighted by molar-refractivity contribution is 4.91. The van der Waals surface area contributed by atoms with Gasteiger partial charge in [0.15, 0.2) is 0 Å². The molecule has 0 aromatic carbocycles. The summed E-state index contributed by atoms with van der Waals surface area (Å²) < 4.78 is 0. The zero-order valence-electron chi connectivity index (χ0n) is 16.0. The maximum absolute atomic E-state index is 9.00. The predicted molar refractivity (Wildman–Crippen MR) is 104 cm³/mol. The van der Waals surface area contributed by atoms with Crippen molar-refractivity contribution in [1.29, 1.82) is 5.26 Å². The van der Waals surface area contributed by atoms with Gasteiger partial charge in [0.1, 0.15) is 0 Å². The van der Waals surface area contributed by atoms with Crippen LogP contribution in [0.1, 0.15) is 103 Å². The summed E-state index contributed by atoms with van der Waals surface area (Å²) in [5.74, 6) is 3.16. The van der Waals surface area contributed by atoms with E-state index in [1.807, 2.05) is 0 Å². The largest absolute Gasteiger partial charge is 0.198 e. The molecule has 1 heteroatoms. The molecule has 0 aromatic rings. The van der Waals surface area contributed by atoms with Gasteiger partial charge < -0.3 is 0 Å². The Kier molecular flexibility index (Phi) is 9.55. The van der Waals surface area contributed by atoms with Gasteiger partial charge in [-0.15, -0.1) is 0 Å². The molecule has 0 saturated heterocycles. The van der Waals surface area contributed by atoms with E-state index in [9.17, 15) is 0 Å². The van der Waals surface area contributed by atoms with Gasteiger partial charge in [0.2, 0.25) is 0 Å². The number of rotatable bonds is 9. The molecule has 0 aliphatic heterocycles. The van der Waals surface area contributed by atoms with Gasteiger partial charge in [-0.1, -0.05) is 51.2 Å². The summed E-state index contributed by atoms with van der Waals surface area (Å²) in [6, 6.07) is 2.46. The van der Waals surface area contributed by atoms with Crippen LogP contribution in [-0.2, 0) is 0 Å². The molecular weight excluding hydrogens is 290 g/mol. The highest BCUT2D eigenvalue weighted by Crippen LogP contribution is 2.36. The van der Waals surface area contributed by atoms with Crippen LogP contribution >= 0.6 is 0 Å². The summed E-state index contributed by atoms with van der Waals surface area (Å²) in [5.41, 5.74) is 0. The molecule has 136 valence electrons. The first-order chi connectivity index (χ1) is 11.8. The van der Waals surface area contributed by atoms with Crippen LogP contribution in [0, 0.1) is 35.0 Å². The fraction of sp³-hybridized carbons (Fsp3) is 0.870. The summed E-state index contributed by atoms with van der Waals surface area (Å²) in [7, 11) is 0. The Morgan fingerprint density at radius 2 is 1.46 bits per heavy atom. The molecule has 0 spiro atoms. The molecule has 0 heterocycles. The molecule has 2 aliphatic carbocycles. The molecule has 0 bridgehead atoms. The van der Waals surface area contributed by atoms with Crippen LogP contribution in [0.4, 0.5) is 0 Å². The second kappa shape index (κ2) is 11.7. The third-order valence-corrected chi connectivity index (χ3v) is 6.54. The van der Waals surface area contributed by atoms with E-state index in [4.69, 9.17) is 5.26 Å². The molecule has 2 saturated carbocycles. The maximum atomic E-state index is 9.00. The maximum Gasteiger partial charge on any atom is 0.0655 e. The first-order valence-corrected chi connectivity index (χ1v) is 10.9. The van der Waals surface area contributed by atoms with Crippen LogP contribution in [0.3, 0.4) is 0 Å². The number of unbranched alkanes of at least 4 members (excludes halogenated alkanes) is 4. The minimum absolute atomic E-state index is 0.366. The van der Waals surface area contributed by atoms with Gasteiger partial charge >= 0.3 is 0 Å². The highest BCUT2D eigenvalue weighted by atomic mass is 14.3. The van der Waals surface area contributed by atoms with E-state index >= 15 is 0 Å². The van der Waals surface area contributed by atoms with Crippen LogP contribution < -0.4 is 0 Å². The SMILES string of the molecule is CCCCCCC=CC1CCC(CCC2CCC(C#N)CC2)CC1. The van der Waals surface area contributed by atoms with E-state index in [0.717, 1.165) is 30.6 Å². The average molecular weight is 330 g/mol. The first kappa shape index (κ1) is 19.6. The van der Waals surface area contributed by atoms with Crippen molar-refractivity contribution in [3.63, 3.8) is 0 Å². The van der Waals surface area contributed by atoms with Gasteiger partial charge in [0.25, 0.3) is 0 Å². The number of nitriles is 1. The normalized spacial score (nSPS) is 31.2. The van der Waals surface area contributed by atoms with Crippen molar-refractivity contribution in [2.45, 2.75) is 103 Å². The topological polar surface area (TPSA) is 23.8 Å². The fourth-order valence-corrected chi connectivity index (χ4v) is 4.70. The highest BCUT2D eigenvalue weighted by Gasteiger charge is 2.23. The van der Waals surface area contributed by atoms with Crippen LogP contribution in [0.2, 0.25) is 0 Å². The quantitative estimate of drug-likeness (QED) is 0.319. The Morgan fingerprint density at radius 1 is 0.833 bits per heavy atom. The number of nitrogens with zero attached hydrogens (tertiary/aromatic N) is 1. The second-order valence-electron chi connectivity index (χ2n) is 8.48. The van der Waals surface area contributed by atoms with Crippen molar-refractivity contribution in [2.24, 2.45) is 23.7 Å². The van der Waals surface area contributed by atoms with Crippen LogP contribution in [-0.4, -0.2) is 0 Å². The Labute approximate surface area is 150 Å². The minimum Gasteiger partial charge on any atom is -0.198 e. The Hall–Kier alpha value is -0.770.